The van der Waals surface area contributed by atoms with E-state index in [9.17, 15) is 9.59 Å². The molecule has 0 saturated heterocycles. The summed E-state index contributed by atoms with van der Waals surface area (Å²) >= 11 is 13.6. The maximum atomic E-state index is 13.7. The van der Waals surface area contributed by atoms with Crippen molar-refractivity contribution in [3.05, 3.63) is 112 Å². The van der Waals surface area contributed by atoms with Crippen LogP contribution in [0.5, 0.6) is 0 Å². The largest absolute Gasteiger partial charge is 0.463 e. The smallest absolute Gasteiger partial charge is 0.338 e. The topological polar surface area (TPSA) is 73.8 Å². The average molecular weight is 553 g/mol. The Morgan fingerprint density at radius 3 is 2.59 bits per heavy atom. The predicted octanol–water partition coefficient (Wildman–Crippen LogP) is 5.67. The van der Waals surface area contributed by atoms with E-state index in [1.54, 1.807) is 54.8 Å². The van der Waals surface area contributed by atoms with Gasteiger partial charge in [0.2, 0.25) is 0 Å². The summed E-state index contributed by atoms with van der Waals surface area (Å²) < 4.78 is 13.3. The summed E-state index contributed by atoms with van der Waals surface area (Å²) in [5.74, 6) is 0.553. The van der Waals surface area contributed by atoms with Crippen LogP contribution in [-0.4, -0.2) is 17.1 Å². The van der Waals surface area contributed by atoms with E-state index in [1.165, 1.54) is 11.3 Å². The van der Waals surface area contributed by atoms with Crippen LogP contribution in [0.25, 0.3) is 17.4 Å². The zero-order valence-corrected chi connectivity index (χ0v) is 22.6. The highest BCUT2D eigenvalue weighted by Crippen LogP contribution is 2.32. The summed E-state index contributed by atoms with van der Waals surface area (Å²) in [6, 6.07) is 15.8. The van der Waals surface area contributed by atoms with E-state index >= 15 is 0 Å². The SMILES string of the molecule is CCOC(=O)C1=C(C)N=c2s/c(=C\c3ccc(-c4ccc(Cl)cc4Cl)o3)c(=O)n2[C@H]1c1ccc(C)cc1. The summed E-state index contributed by atoms with van der Waals surface area (Å²) in [5, 5.41) is 0.995. The number of esters is 1. The lowest BCUT2D eigenvalue weighted by Gasteiger charge is -2.24. The zero-order chi connectivity index (χ0) is 26.3. The summed E-state index contributed by atoms with van der Waals surface area (Å²) in [4.78, 5) is 31.8. The second-order valence-electron chi connectivity index (χ2n) is 8.54. The Labute approximate surface area is 226 Å². The number of carbonyl (C=O) groups is 1. The summed E-state index contributed by atoms with van der Waals surface area (Å²) in [5.41, 5.74) is 3.17. The standard InChI is InChI=1S/C28H22Cl2N2O4S/c1-4-35-27(34)24-16(3)31-28-32(25(24)17-7-5-15(2)6-8-17)26(33)23(37-28)14-19-10-12-22(36-19)20-11-9-18(29)13-21(20)30/h5-14,25H,4H2,1-3H3/b23-14-/t25-/m0/s1. The van der Waals surface area contributed by atoms with Gasteiger partial charge in [-0.2, -0.15) is 0 Å². The summed E-state index contributed by atoms with van der Waals surface area (Å²) in [7, 11) is 0. The number of halogens is 2. The number of fused-ring (bicyclic) bond motifs is 1. The molecular weight excluding hydrogens is 531 g/mol. The number of hydrogen-bond acceptors (Lipinski definition) is 6. The van der Waals surface area contributed by atoms with Gasteiger partial charge in [-0.1, -0.05) is 64.4 Å². The predicted molar refractivity (Wildman–Crippen MR) is 146 cm³/mol. The lowest BCUT2D eigenvalue weighted by atomic mass is 9.95. The number of furan rings is 1. The van der Waals surface area contributed by atoms with E-state index < -0.39 is 12.0 Å². The maximum absolute atomic E-state index is 13.7. The van der Waals surface area contributed by atoms with Crippen LogP contribution < -0.4 is 14.9 Å². The third-order valence-corrected chi connectivity index (χ3v) is 7.54. The molecule has 3 heterocycles. The first-order valence-electron chi connectivity index (χ1n) is 11.6. The second-order valence-corrected chi connectivity index (χ2v) is 10.4. The van der Waals surface area contributed by atoms with Crippen molar-refractivity contribution in [2.75, 3.05) is 6.61 Å². The van der Waals surface area contributed by atoms with Gasteiger partial charge in [-0.05, 0) is 56.7 Å². The number of aromatic nitrogens is 1. The van der Waals surface area contributed by atoms with Crippen molar-refractivity contribution in [2.45, 2.75) is 26.8 Å². The number of benzene rings is 2. The van der Waals surface area contributed by atoms with Crippen LogP contribution in [0.4, 0.5) is 0 Å². The van der Waals surface area contributed by atoms with E-state index in [0.717, 1.165) is 11.1 Å². The molecule has 0 bridgehead atoms. The molecule has 0 spiro atoms. The molecular formula is C28H22Cl2N2O4S. The fourth-order valence-electron chi connectivity index (χ4n) is 4.25. The maximum Gasteiger partial charge on any atom is 0.338 e. The van der Waals surface area contributed by atoms with Gasteiger partial charge >= 0.3 is 5.97 Å². The lowest BCUT2D eigenvalue weighted by Crippen LogP contribution is -2.39. The van der Waals surface area contributed by atoms with Crippen LogP contribution in [-0.2, 0) is 9.53 Å². The average Bonchev–Trinajstić information content (AvgIpc) is 3.43. The van der Waals surface area contributed by atoms with Crippen molar-refractivity contribution in [2.24, 2.45) is 4.99 Å². The minimum Gasteiger partial charge on any atom is -0.463 e. The Morgan fingerprint density at radius 1 is 1.14 bits per heavy atom. The van der Waals surface area contributed by atoms with Gasteiger partial charge in [-0.15, -0.1) is 0 Å². The Bertz CT molecular complexity index is 1730. The van der Waals surface area contributed by atoms with Crippen LogP contribution >= 0.6 is 34.5 Å². The number of ether oxygens (including phenoxy) is 1. The Hall–Kier alpha value is -3.39. The molecule has 9 heteroatoms. The van der Waals surface area contributed by atoms with Crippen molar-refractivity contribution >= 4 is 46.6 Å². The van der Waals surface area contributed by atoms with Crippen molar-refractivity contribution in [3.8, 4) is 11.3 Å². The quantitative estimate of drug-likeness (QED) is 0.299. The molecule has 0 unspecified atom stereocenters. The third kappa shape index (κ3) is 4.82. The van der Waals surface area contributed by atoms with Gasteiger partial charge in [0.05, 0.1) is 33.5 Å². The van der Waals surface area contributed by atoms with Crippen LogP contribution in [0.3, 0.4) is 0 Å². The first-order valence-corrected chi connectivity index (χ1v) is 13.2. The van der Waals surface area contributed by atoms with E-state index in [1.807, 2.05) is 31.2 Å². The highest BCUT2D eigenvalue weighted by atomic mass is 35.5. The van der Waals surface area contributed by atoms with Gasteiger partial charge in [-0.3, -0.25) is 9.36 Å². The molecule has 2 aromatic heterocycles. The Balaban J connectivity index is 1.63. The Morgan fingerprint density at radius 2 is 1.89 bits per heavy atom. The third-order valence-electron chi connectivity index (χ3n) is 6.01. The van der Waals surface area contributed by atoms with Crippen molar-refractivity contribution in [1.29, 1.82) is 0 Å². The molecule has 0 amide bonds. The van der Waals surface area contributed by atoms with Gasteiger partial charge in [0.1, 0.15) is 11.5 Å². The van der Waals surface area contributed by atoms with Crippen molar-refractivity contribution in [1.82, 2.24) is 4.57 Å². The molecule has 4 aromatic rings. The van der Waals surface area contributed by atoms with Crippen molar-refractivity contribution < 1.29 is 13.9 Å². The number of rotatable bonds is 5. The molecule has 37 heavy (non-hydrogen) atoms. The normalized spacial score (nSPS) is 15.5. The van der Waals surface area contributed by atoms with Crippen LogP contribution in [0.1, 0.15) is 36.8 Å². The second kappa shape index (κ2) is 10.2. The number of thiazole rings is 1. The molecule has 2 aromatic carbocycles. The van der Waals surface area contributed by atoms with Crippen LogP contribution in [0.15, 0.2) is 80.1 Å². The molecule has 0 aliphatic carbocycles. The first-order chi connectivity index (χ1) is 17.8. The zero-order valence-electron chi connectivity index (χ0n) is 20.2. The fraction of sp³-hybridized carbons (Fsp3) is 0.179. The fourth-order valence-corrected chi connectivity index (χ4v) is 5.78. The van der Waals surface area contributed by atoms with E-state index in [-0.39, 0.29) is 12.2 Å². The van der Waals surface area contributed by atoms with Gasteiger partial charge in [-0.25, -0.2) is 9.79 Å². The van der Waals surface area contributed by atoms with Gasteiger partial charge in [0, 0.05) is 16.7 Å². The van der Waals surface area contributed by atoms with Gasteiger partial charge in [0.15, 0.2) is 4.80 Å². The minimum atomic E-state index is -0.655. The Kier molecular flexibility index (Phi) is 6.94. The van der Waals surface area contributed by atoms with Crippen molar-refractivity contribution in [3.63, 3.8) is 0 Å². The van der Waals surface area contributed by atoms with Gasteiger partial charge < -0.3 is 9.15 Å². The number of hydrogen-bond donors (Lipinski definition) is 0. The van der Waals surface area contributed by atoms with Crippen LogP contribution in [0.2, 0.25) is 10.0 Å². The van der Waals surface area contributed by atoms with E-state index in [0.29, 0.717) is 47.7 Å². The van der Waals surface area contributed by atoms with Gasteiger partial charge in [0.25, 0.3) is 5.56 Å². The summed E-state index contributed by atoms with van der Waals surface area (Å²) in [6.07, 6.45) is 1.67. The molecule has 5 rings (SSSR count). The highest BCUT2D eigenvalue weighted by Gasteiger charge is 2.33. The molecule has 0 N–H and O–H groups in total. The number of allylic oxidation sites excluding steroid dienone is 1. The molecule has 1 aliphatic heterocycles. The number of aryl methyl sites for hydroxylation is 1. The number of nitrogens with zero attached hydrogens (tertiary/aromatic N) is 2. The van der Waals surface area contributed by atoms with Crippen LogP contribution in [0, 0.1) is 6.92 Å². The monoisotopic (exact) mass is 552 g/mol. The molecule has 0 fully saturated rings. The molecule has 6 nitrogen and oxygen atoms in total. The highest BCUT2D eigenvalue weighted by molar-refractivity contribution is 7.07. The minimum absolute atomic E-state index is 0.221. The molecule has 1 aliphatic rings. The van der Waals surface area contributed by atoms with E-state index in [4.69, 9.17) is 32.4 Å². The molecule has 1 atom stereocenters. The van der Waals surface area contributed by atoms with E-state index in [2.05, 4.69) is 4.99 Å². The molecule has 0 saturated carbocycles. The lowest BCUT2D eigenvalue weighted by molar-refractivity contribution is -0.139. The first kappa shape index (κ1) is 25.3. The summed E-state index contributed by atoms with van der Waals surface area (Å²) in [6.45, 7) is 5.72. The molecule has 0 radical (unpaired) electrons. The molecule has 188 valence electrons. The number of carbonyl (C=O) groups excluding carboxylic acids is 1.